The summed E-state index contributed by atoms with van der Waals surface area (Å²) in [5.41, 5.74) is 1.05. The number of para-hydroxylation sites is 1. The van der Waals surface area contributed by atoms with E-state index in [1.54, 1.807) is 24.3 Å². The molecular formula is C14H11BrCl2N2O. The Kier molecular flexibility index (Phi) is 3.80. The lowest BCUT2D eigenvalue weighted by atomic mass is 10.3. The summed E-state index contributed by atoms with van der Waals surface area (Å²) in [5, 5.41) is 3.64. The maximum absolute atomic E-state index is 12.4. The third-order valence-electron chi connectivity index (χ3n) is 3.19. The number of carbonyl (C=O) groups excluding carboxylic acids is 1. The largest absolute Gasteiger partial charge is 0.339 e. The predicted octanol–water partition coefficient (Wildman–Crippen LogP) is 5.14. The summed E-state index contributed by atoms with van der Waals surface area (Å²) in [7, 11) is 0. The number of aromatic nitrogens is 1. The van der Waals surface area contributed by atoms with Crippen LogP contribution in [-0.4, -0.2) is 10.5 Å². The van der Waals surface area contributed by atoms with Gasteiger partial charge >= 0.3 is 0 Å². The quantitative estimate of drug-likeness (QED) is 0.793. The molecule has 1 N–H and O–H groups in total. The van der Waals surface area contributed by atoms with Crippen molar-refractivity contribution in [2.75, 3.05) is 5.32 Å². The molecular weight excluding hydrogens is 363 g/mol. The number of anilines is 1. The van der Waals surface area contributed by atoms with Crippen LogP contribution in [0.5, 0.6) is 0 Å². The fraction of sp³-hybridized carbons (Fsp3) is 0.214. The van der Waals surface area contributed by atoms with E-state index in [4.69, 9.17) is 23.2 Å². The van der Waals surface area contributed by atoms with E-state index in [0.717, 1.165) is 17.3 Å². The Morgan fingerprint density at radius 3 is 2.55 bits per heavy atom. The van der Waals surface area contributed by atoms with E-state index in [1.165, 1.54) is 0 Å². The molecule has 1 aromatic heterocycles. The van der Waals surface area contributed by atoms with E-state index in [1.807, 2.05) is 10.8 Å². The van der Waals surface area contributed by atoms with Crippen molar-refractivity contribution in [1.82, 2.24) is 4.57 Å². The molecule has 3 nitrogen and oxygen atoms in total. The lowest BCUT2D eigenvalue weighted by Crippen LogP contribution is -2.16. The summed E-state index contributed by atoms with van der Waals surface area (Å²) in [5.74, 6) is -0.211. The summed E-state index contributed by atoms with van der Waals surface area (Å²) >= 11 is 15.5. The van der Waals surface area contributed by atoms with Crippen molar-refractivity contribution >= 4 is 50.7 Å². The first-order chi connectivity index (χ1) is 9.56. The third kappa shape index (κ3) is 2.73. The second-order valence-corrected chi connectivity index (χ2v) is 6.46. The molecule has 0 atom stereocenters. The van der Waals surface area contributed by atoms with Gasteiger partial charge in [0.15, 0.2) is 0 Å². The van der Waals surface area contributed by atoms with Crippen LogP contribution in [0.1, 0.15) is 29.4 Å². The first kappa shape index (κ1) is 14.0. The van der Waals surface area contributed by atoms with E-state index >= 15 is 0 Å². The molecule has 104 valence electrons. The topological polar surface area (TPSA) is 34.0 Å². The molecule has 0 radical (unpaired) electrons. The number of halogens is 3. The smallest absolute Gasteiger partial charge is 0.272 e. The number of hydrogen-bond donors (Lipinski definition) is 1. The molecule has 6 heteroatoms. The average molecular weight is 374 g/mol. The van der Waals surface area contributed by atoms with E-state index in [2.05, 4.69) is 21.2 Å². The number of carbonyl (C=O) groups is 1. The molecule has 1 saturated carbocycles. The zero-order valence-electron chi connectivity index (χ0n) is 10.4. The number of hydrogen-bond acceptors (Lipinski definition) is 1. The maximum Gasteiger partial charge on any atom is 0.272 e. The van der Waals surface area contributed by atoms with Crippen molar-refractivity contribution < 1.29 is 4.79 Å². The van der Waals surface area contributed by atoms with Crippen LogP contribution < -0.4 is 5.32 Å². The highest BCUT2D eigenvalue weighted by Gasteiger charge is 2.28. The fourth-order valence-electron chi connectivity index (χ4n) is 2.08. The van der Waals surface area contributed by atoms with Gasteiger partial charge in [0, 0.05) is 16.7 Å². The number of nitrogens with one attached hydrogen (secondary N) is 1. The van der Waals surface area contributed by atoms with Gasteiger partial charge in [0.2, 0.25) is 0 Å². The van der Waals surface area contributed by atoms with Crippen LogP contribution in [0.3, 0.4) is 0 Å². The Morgan fingerprint density at radius 2 is 1.95 bits per heavy atom. The molecule has 1 aliphatic carbocycles. The normalized spacial score (nSPS) is 14.3. The minimum Gasteiger partial charge on any atom is -0.339 e. The van der Waals surface area contributed by atoms with E-state index < -0.39 is 0 Å². The summed E-state index contributed by atoms with van der Waals surface area (Å²) < 4.78 is 2.88. The average Bonchev–Trinajstić information content (AvgIpc) is 3.17. The number of nitrogens with zero attached hydrogens (tertiary/aromatic N) is 1. The molecule has 0 bridgehead atoms. The summed E-state index contributed by atoms with van der Waals surface area (Å²) in [6.45, 7) is 0. The van der Waals surface area contributed by atoms with Crippen LogP contribution in [0.25, 0.3) is 0 Å². The molecule has 20 heavy (non-hydrogen) atoms. The van der Waals surface area contributed by atoms with Gasteiger partial charge < -0.3 is 9.88 Å². The van der Waals surface area contributed by atoms with E-state index in [-0.39, 0.29) is 5.91 Å². The van der Waals surface area contributed by atoms with Crippen LogP contribution >= 0.6 is 39.1 Å². The van der Waals surface area contributed by atoms with Gasteiger partial charge in [-0.2, -0.15) is 0 Å². The predicted molar refractivity (Wildman–Crippen MR) is 84.8 cm³/mol. The molecule has 0 unspecified atom stereocenters. The van der Waals surface area contributed by atoms with Crippen molar-refractivity contribution in [3.8, 4) is 0 Å². The van der Waals surface area contributed by atoms with Crippen LogP contribution in [0.4, 0.5) is 5.69 Å². The molecule has 1 amide bonds. The monoisotopic (exact) mass is 372 g/mol. The number of amides is 1. The molecule has 0 spiro atoms. The van der Waals surface area contributed by atoms with Crippen LogP contribution in [0, 0.1) is 0 Å². The first-order valence-electron chi connectivity index (χ1n) is 6.19. The minimum absolute atomic E-state index is 0.211. The van der Waals surface area contributed by atoms with Gasteiger partial charge in [0.1, 0.15) is 5.69 Å². The van der Waals surface area contributed by atoms with Gasteiger partial charge in [0.05, 0.1) is 15.7 Å². The second kappa shape index (κ2) is 5.43. The van der Waals surface area contributed by atoms with E-state index in [0.29, 0.717) is 27.5 Å². The molecule has 1 heterocycles. The number of rotatable bonds is 3. The molecule has 0 saturated heterocycles. The standard InChI is InChI=1S/C14H11BrCl2N2O/c15-8-6-12(19(7-8)9-4-5-9)14(20)18-13-10(16)2-1-3-11(13)17/h1-3,6-7,9H,4-5H2,(H,18,20). The highest BCUT2D eigenvalue weighted by molar-refractivity contribution is 9.10. The Morgan fingerprint density at radius 1 is 1.30 bits per heavy atom. The second-order valence-electron chi connectivity index (χ2n) is 4.73. The molecule has 1 aliphatic rings. The molecule has 1 fully saturated rings. The first-order valence-corrected chi connectivity index (χ1v) is 7.74. The van der Waals surface area contributed by atoms with Gasteiger partial charge in [-0.1, -0.05) is 29.3 Å². The van der Waals surface area contributed by atoms with Crippen LogP contribution in [0.15, 0.2) is 34.9 Å². The molecule has 0 aliphatic heterocycles. The Bertz CT molecular complexity index is 660. The number of benzene rings is 1. The van der Waals surface area contributed by atoms with Crippen molar-refractivity contribution in [2.45, 2.75) is 18.9 Å². The summed E-state index contributed by atoms with van der Waals surface area (Å²) in [4.78, 5) is 12.4. The highest BCUT2D eigenvalue weighted by Crippen LogP contribution is 2.38. The van der Waals surface area contributed by atoms with Gasteiger partial charge in [0.25, 0.3) is 5.91 Å². The molecule has 1 aromatic carbocycles. The maximum atomic E-state index is 12.4. The van der Waals surface area contributed by atoms with Gasteiger partial charge in [-0.3, -0.25) is 4.79 Å². The molecule has 3 rings (SSSR count). The lowest BCUT2D eigenvalue weighted by Gasteiger charge is -2.11. The summed E-state index contributed by atoms with van der Waals surface area (Å²) in [6, 6.07) is 7.35. The van der Waals surface area contributed by atoms with Crippen molar-refractivity contribution in [3.05, 3.63) is 50.7 Å². The molecule has 2 aromatic rings. The van der Waals surface area contributed by atoms with E-state index in [9.17, 15) is 4.79 Å². The Labute approximate surface area is 135 Å². The van der Waals surface area contributed by atoms with Crippen LogP contribution in [-0.2, 0) is 0 Å². The van der Waals surface area contributed by atoms with Crippen LogP contribution in [0.2, 0.25) is 10.0 Å². The Balaban J connectivity index is 1.90. The van der Waals surface area contributed by atoms with Crippen molar-refractivity contribution in [2.24, 2.45) is 0 Å². The third-order valence-corrected chi connectivity index (χ3v) is 4.25. The van der Waals surface area contributed by atoms with Gasteiger partial charge in [-0.25, -0.2) is 0 Å². The Hall–Kier alpha value is -0.970. The highest BCUT2D eigenvalue weighted by atomic mass is 79.9. The van der Waals surface area contributed by atoms with Crippen molar-refractivity contribution in [3.63, 3.8) is 0 Å². The summed E-state index contributed by atoms with van der Waals surface area (Å²) in [6.07, 6.45) is 4.14. The fourth-order valence-corrected chi connectivity index (χ4v) is 3.01. The SMILES string of the molecule is O=C(Nc1c(Cl)cccc1Cl)c1cc(Br)cn1C1CC1. The zero-order chi connectivity index (χ0) is 14.3. The lowest BCUT2D eigenvalue weighted by molar-refractivity contribution is 0.101. The van der Waals surface area contributed by atoms with Crippen molar-refractivity contribution in [1.29, 1.82) is 0 Å². The van der Waals surface area contributed by atoms with Gasteiger partial charge in [-0.15, -0.1) is 0 Å². The van der Waals surface area contributed by atoms with Gasteiger partial charge in [-0.05, 0) is 47.0 Å². The minimum atomic E-state index is -0.211. The zero-order valence-corrected chi connectivity index (χ0v) is 13.5.